The van der Waals surface area contributed by atoms with Crippen molar-refractivity contribution in [3.8, 4) is 5.75 Å². The molecule has 1 aromatic carbocycles. The first-order chi connectivity index (χ1) is 9.85. The third-order valence-corrected chi connectivity index (χ3v) is 3.68. The molecule has 0 spiro atoms. The molecule has 0 amide bonds. The molecule has 3 nitrogen and oxygen atoms in total. The van der Waals surface area contributed by atoms with Gasteiger partial charge < -0.3 is 14.8 Å². The third-order valence-electron chi connectivity index (χ3n) is 3.68. The predicted octanol–water partition coefficient (Wildman–Crippen LogP) is 3.48. The van der Waals surface area contributed by atoms with E-state index in [1.165, 1.54) is 24.0 Å². The Morgan fingerprint density at radius 2 is 2.05 bits per heavy atom. The lowest BCUT2D eigenvalue weighted by atomic mass is 10.1. The molecule has 20 heavy (non-hydrogen) atoms. The van der Waals surface area contributed by atoms with E-state index in [0.29, 0.717) is 19.3 Å². The summed E-state index contributed by atoms with van der Waals surface area (Å²) in [5, 5.41) is 3.61. The topological polar surface area (TPSA) is 30.5 Å². The van der Waals surface area contributed by atoms with Crippen LogP contribution in [0.4, 0.5) is 0 Å². The van der Waals surface area contributed by atoms with Gasteiger partial charge in [0.2, 0.25) is 0 Å². The van der Waals surface area contributed by atoms with Crippen molar-refractivity contribution in [1.82, 2.24) is 5.32 Å². The molecule has 0 heterocycles. The maximum Gasteiger partial charge on any atom is 0.119 e. The van der Waals surface area contributed by atoms with Crippen LogP contribution in [-0.4, -0.2) is 26.4 Å². The molecule has 0 saturated carbocycles. The summed E-state index contributed by atoms with van der Waals surface area (Å²) in [7, 11) is 0. The molecule has 1 aromatic rings. The Kier molecular flexibility index (Phi) is 6.34. The van der Waals surface area contributed by atoms with Crippen molar-refractivity contribution in [2.75, 3.05) is 26.4 Å². The zero-order valence-electron chi connectivity index (χ0n) is 12.8. The van der Waals surface area contributed by atoms with Gasteiger partial charge in [0.1, 0.15) is 12.4 Å². The Balaban J connectivity index is 1.83. The van der Waals surface area contributed by atoms with Crippen LogP contribution in [0.3, 0.4) is 0 Å². The van der Waals surface area contributed by atoms with E-state index in [4.69, 9.17) is 9.47 Å². The van der Waals surface area contributed by atoms with E-state index in [0.717, 1.165) is 31.7 Å². The lowest BCUT2D eigenvalue weighted by molar-refractivity contribution is 0.101. The minimum absolute atomic E-state index is 0.534. The molecule has 112 valence electrons. The van der Waals surface area contributed by atoms with Gasteiger partial charge in [-0.05, 0) is 55.5 Å². The molecule has 0 saturated heterocycles. The van der Waals surface area contributed by atoms with Gasteiger partial charge in [0, 0.05) is 12.6 Å². The summed E-state index contributed by atoms with van der Waals surface area (Å²) in [5.41, 5.74) is 2.89. The van der Waals surface area contributed by atoms with Gasteiger partial charge in [0.25, 0.3) is 0 Å². The quantitative estimate of drug-likeness (QED) is 0.701. The second-order valence-electron chi connectivity index (χ2n) is 5.37. The summed E-state index contributed by atoms with van der Waals surface area (Å²) >= 11 is 0. The molecule has 1 N–H and O–H groups in total. The van der Waals surface area contributed by atoms with Gasteiger partial charge in [0.05, 0.1) is 6.61 Å². The molecular formula is C17H27NO2. The standard InChI is InChI=1S/C17H27NO2/c1-3-9-18-17-8-5-14-13-15(6-7-16(14)17)20-12-11-19-10-4-2/h6-7,13,17-18H,3-5,8-12H2,1-2H3. The summed E-state index contributed by atoms with van der Waals surface area (Å²) in [6.45, 7) is 7.54. The number of hydrogen-bond acceptors (Lipinski definition) is 3. The number of aryl methyl sites for hydroxylation is 1. The molecule has 1 aliphatic carbocycles. The summed E-state index contributed by atoms with van der Waals surface area (Å²) in [6.07, 6.45) is 4.61. The normalized spacial score (nSPS) is 17.2. The van der Waals surface area contributed by atoms with Gasteiger partial charge >= 0.3 is 0 Å². The SMILES string of the molecule is CCCNC1CCc2cc(OCCOCCC)ccc21. The van der Waals surface area contributed by atoms with Crippen molar-refractivity contribution in [2.24, 2.45) is 0 Å². The molecule has 0 aromatic heterocycles. The maximum absolute atomic E-state index is 5.75. The summed E-state index contributed by atoms with van der Waals surface area (Å²) in [6, 6.07) is 7.04. The average Bonchev–Trinajstić information content (AvgIpc) is 2.87. The first kappa shape index (κ1) is 15.3. The van der Waals surface area contributed by atoms with Crippen molar-refractivity contribution in [3.63, 3.8) is 0 Å². The molecule has 3 heteroatoms. The van der Waals surface area contributed by atoms with Crippen molar-refractivity contribution < 1.29 is 9.47 Å². The minimum Gasteiger partial charge on any atom is -0.491 e. The predicted molar refractivity (Wildman–Crippen MR) is 82.4 cm³/mol. The molecule has 0 aliphatic heterocycles. The van der Waals surface area contributed by atoms with E-state index in [9.17, 15) is 0 Å². The highest BCUT2D eigenvalue weighted by atomic mass is 16.5. The molecule has 2 rings (SSSR count). The van der Waals surface area contributed by atoms with Crippen LogP contribution in [0.5, 0.6) is 5.75 Å². The van der Waals surface area contributed by atoms with Crippen molar-refractivity contribution in [2.45, 2.75) is 45.6 Å². The molecule has 1 atom stereocenters. The van der Waals surface area contributed by atoms with Crippen LogP contribution in [0, 0.1) is 0 Å². The van der Waals surface area contributed by atoms with Crippen LogP contribution < -0.4 is 10.1 Å². The lowest BCUT2D eigenvalue weighted by Crippen LogP contribution is -2.19. The zero-order chi connectivity index (χ0) is 14.2. The first-order valence-corrected chi connectivity index (χ1v) is 7.92. The molecular weight excluding hydrogens is 250 g/mol. The number of ether oxygens (including phenoxy) is 2. The van der Waals surface area contributed by atoms with Crippen LogP contribution in [0.15, 0.2) is 18.2 Å². The Bertz CT molecular complexity index is 406. The average molecular weight is 277 g/mol. The Labute approximate surface area is 122 Å². The van der Waals surface area contributed by atoms with E-state index >= 15 is 0 Å². The largest absolute Gasteiger partial charge is 0.491 e. The maximum atomic E-state index is 5.75. The molecule has 0 fully saturated rings. The van der Waals surface area contributed by atoms with Crippen molar-refractivity contribution in [3.05, 3.63) is 29.3 Å². The Morgan fingerprint density at radius 3 is 2.85 bits per heavy atom. The van der Waals surface area contributed by atoms with Crippen LogP contribution in [0.1, 0.15) is 50.3 Å². The number of rotatable bonds is 9. The van der Waals surface area contributed by atoms with Crippen LogP contribution in [0.2, 0.25) is 0 Å². The van der Waals surface area contributed by atoms with E-state index in [2.05, 4.69) is 37.4 Å². The highest BCUT2D eigenvalue weighted by Crippen LogP contribution is 2.33. The smallest absolute Gasteiger partial charge is 0.119 e. The van der Waals surface area contributed by atoms with Crippen LogP contribution in [0.25, 0.3) is 0 Å². The molecule has 0 bridgehead atoms. The monoisotopic (exact) mass is 277 g/mol. The molecule has 0 radical (unpaired) electrons. The van der Waals surface area contributed by atoms with E-state index in [1.807, 2.05) is 0 Å². The number of hydrogen-bond donors (Lipinski definition) is 1. The summed E-state index contributed by atoms with van der Waals surface area (Å²) < 4.78 is 11.2. The third kappa shape index (κ3) is 4.22. The Hall–Kier alpha value is -1.06. The molecule has 1 unspecified atom stereocenters. The van der Waals surface area contributed by atoms with Crippen molar-refractivity contribution in [1.29, 1.82) is 0 Å². The van der Waals surface area contributed by atoms with Crippen LogP contribution >= 0.6 is 0 Å². The fraction of sp³-hybridized carbons (Fsp3) is 0.647. The number of fused-ring (bicyclic) bond motifs is 1. The second kappa shape index (κ2) is 8.28. The number of nitrogens with one attached hydrogen (secondary N) is 1. The second-order valence-corrected chi connectivity index (χ2v) is 5.37. The Morgan fingerprint density at radius 1 is 1.15 bits per heavy atom. The zero-order valence-corrected chi connectivity index (χ0v) is 12.8. The van der Waals surface area contributed by atoms with Gasteiger partial charge in [0.15, 0.2) is 0 Å². The molecule has 1 aliphatic rings. The summed E-state index contributed by atoms with van der Waals surface area (Å²) in [5.74, 6) is 0.972. The highest BCUT2D eigenvalue weighted by molar-refractivity contribution is 5.40. The van der Waals surface area contributed by atoms with E-state index in [1.54, 1.807) is 0 Å². The first-order valence-electron chi connectivity index (χ1n) is 7.92. The van der Waals surface area contributed by atoms with Crippen LogP contribution in [-0.2, 0) is 11.2 Å². The van der Waals surface area contributed by atoms with Gasteiger partial charge in [-0.2, -0.15) is 0 Å². The van der Waals surface area contributed by atoms with E-state index < -0.39 is 0 Å². The highest BCUT2D eigenvalue weighted by Gasteiger charge is 2.21. The van der Waals surface area contributed by atoms with Gasteiger partial charge in [-0.3, -0.25) is 0 Å². The lowest BCUT2D eigenvalue weighted by Gasteiger charge is -2.14. The van der Waals surface area contributed by atoms with Crippen molar-refractivity contribution >= 4 is 0 Å². The summed E-state index contributed by atoms with van der Waals surface area (Å²) in [4.78, 5) is 0. The minimum atomic E-state index is 0.534. The number of benzene rings is 1. The van der Waals surface area contributed by atoms with Gasteiger partial charge in [-0.1, -0.05) is 19.9 Å². The fourth-order valence-electron chi connectivity index (χ4n) is 2.68. The van der Waals surface area contributed by atoms with Gasteiger partial charge in [-0.15, -0.1) is 0 Å². The van der Waals surface area contributed by atoms with E-state index in [-0.39, 0.29) is 0 Å². The fourth-order valence-corrected chi connectivity index (χ4v) is 2.68. The van der Waals surface area contributed by atoms with Gasteiger partial charge in [-0.25, -0.2) is 0 Å².